The third-order valence-corrected chi connectivity index (χ3v) is 1.69. The van der Waals surface area contributed by atoms with E-state index in [4.69, 9.17) is 5.11 Å². The van der Waals surface area contributed by atoms with E-state index in [0.29, 0.717) is 12.1 Å². The summed E-state index contributed by atoms with van der Waals surface area (Å²) in [7, 11) is 0. The number of hydrogen-bond donors (Lipinski definition) is 1. The minimum absolute atomic E-state index is 0.500. The van der Waals surface area contributed by atoms with E-state index in [-0.39, 0.29) is 0 Å². The van der Waals surface area contributed by atoms with Crippen molar-refractivity contribution in [1.82, 2.24) is 4.90 Å². The first-order valence-electron chi connectivity index (χ1n) is 5.57. The molecule has 0 aliphatic heterocycles. The molecule has 0 radical (unpaired) electrons. The quantitative estimate of drug-likeness (QED) is 0.762. The zero-order valence-electron chi connectivity index (χ0n) is 11.3. The minimum Gasteiger partial charge on any atom is -0.391 e. The Labute approximate surface area is 90.3 Å². The second-order valence-corrected chi connectivity index (χ2v) is 5.19. The number of rotatable bonds is 3. The second kappa shape index (κ2) is 7.24. The standard InChI is InChI=1S/C8H19N.C4H10O/c1-6-9(7(2)3)8(4)5;1-4(2,3)5/h7-8H,6H2,1-5H3;5H,1-3H3. The van der Waals surface area contributed by atoms with Gasteiger partial charge in [0, 0.05) is 12.1 Å². The predicted molar refractivity (Wildman–Crippen MR) is 64.6 cm³/mol. The summed E-state index contributed by atoms with van der Waals surface area (Å²) < 4.78 is 0. The van der Waals surface area contributed by atoms with E-state index in [9.17, 15) is 0 Å². The van der Waals surface area contributed by atoms with Gasteiger partial charge in [-0.25, -0.2) is 0 Å². The van der Waals surface area contributed by atoms with Gasteiger partial charge >= 0.3 is 0 Å². The van der Waals surface area contributed by atoms with Gasteiger partial charge in [-0.15, -0.1) is 0 Å². The van der Waals surface area contributed by atoms with Gasteiger partial charge in [0.15, 0.2) is 0 Å². The highest BCUT2D eigenvalue weighted by atomic mass is 16.3. The lowest BCUT2D eigenvalue weighted by molar-refractivity contribution is 0.102. The Morgan fingerprint density at radius 1 is 1.00 bits per heavy atom. The van der Waals surface area contributed by atoms with Gasteiger partial charge in [0.05, 0.1) is 5.60 Å². The average Bonchev–Trinajstić information content (AvgIpc) is 1.81. The molecule has 0 spiro atoms. The van der Waals surface area contributed by atoms with Crippen LogP contribution in [0.2, 0.25) is 0 Å². The van der Waals surface area contributed by atoms with Crippen molar-refractivity contribution < 1.29 is 5.11 Å². The molecule has 0 rings (SSSR count). The van der Waals surface area contributed by atoms with E-state index in [2.05, 4.69) is 39.5 Å². The summed E-state index contributed by atoms with van der Waals surface area (Å²) in [6.45, 7) is 17.6. The average molecular weight is 203 g/mol. The van der Waals surface area contributed by atoms with E-state index in [1.165, 1.54) is 0 Å². The van der Waals surface area contributed by atoms with Gasteiger partial charge in [0.2, 0.25) is 0 Å². The third kappa shape index (κ3) is 14.4. The highest BCUT2D eigenvalue weighted by Gasteiger charge is 2.08. The van der Waals surface area contributed by atoms with Gasteiger partial charge in [0.1, 0.15) is 0 Å². The smallest absolute Gasteiger partial charge is 0.0563 e. The molecule has 0 atom stereocenters. The zero-order valence-corrected chi connectivity index (χ0v) is 11.3. The largest absolute Gasteiger partial charge is 0.391 e. The van der Waals surface area contributed by atoms with Gasteiger partial charge in [-0.3, -0.25) is 4.90 Å². The molecule has 14 heavy (non-hydrogen) atoms. The van der Waals surface area contributed by atoms with Crippen molar-refractivity contribution in [3.05, 3.63) is 0 Å². The lowest BCUT2D eigenvalue weighted by Gasteiger charge is -2.28. The van der Waals surface area contributed by atoms with Gasteiger partial charge in [-0.1, -0.05) is 6.92 Å². The molecule has 0 fully saturated rings. The van der Waals surface area contributed by atoms with Crippen LogP contribution in [0.1, 0.15) is 55.4 Å². The van der Waals surface area contributed by atoms with Gasteiger partial charge in [0.25, 0.3) is 0 Å². The van der Waals surface area contributed by atoms with Crippen LogP contribution in [0.5, 0.6) is 0 Å². The third-order valence-electron chi connectivity index (χ3n) is 1.69. The highest BCUT2D eigenvalue weighted by Crippen LogP contribution is 2.02. The molecule has 0 amide bonds. The lowest BCUT2D eigenvalue weighted by Crippen LogP contribution is -2.36. The van der Waals surface area contributed by atoms with E-state index in [1.807, 2.05) is 0 Å². The molecule has 0 aromatic rings. The Bertz CT molecular complexity index is 111. The van der Waals surface area contributed by atoms with Crippen LogP contribution in [0.3, 0.4) is 0 Å². The molecule has 0 saturated heterocycles. The van der Waals surface area contributed by atoms with Crippen LogP contribution in [-0.2, 0) is 0 Å². The zero-order chi connectivity index (χ0) is 11.9. The molecular weight excluding hydrogens is 174 g/mol. The molecule has 0 saturated carbocycles. The SMILES string of the molecule is CC(C)(C)O.CCN(C(C)C)C(C)C. The van der Waals surface area contributed by atoms with Crippen molar-refractivity contribution in [2.24, 2.45) is 0 Å². The van der Waals surface area contributed by atoms with Crippen LogP contribution >= 0.6 is 0 Å². The van der Waals surface area contributed by atoms with Crippen LogP contribution < -0.4 is 0 Å². The Morgan fingerprint density at radius 3 is 1.21 bits per heavy atom. The first-order chi connectivity index (χ1) is 6.09. The molecule has 88 valence electrons. The fourth-order valence-corrected chi connectivity index (χ4v) is 1.33. The monoisotopic (exact) mass is 203 g/mol. The molecular formula is C12H29NO. The molecule has 2 heteroatoms. The van der Waals surface area contributed by atoms with Gasteiger partial charge < -0.3 is 5.11 Å². The van der Waals surface area contributed by atoms with E-state index < -0.39 is 5.60 Å². The Kier molecular flexibility index (Phi) is 8.46. The van der Waals surface area contributed by atoms with Crippen molar-refractivity contribution in [2.45, 2.75) is 73.1 Å². The van der Waals surface area contributed by atoms with Crippen LogP contribution in [0.25, 0.3) is 0 Å². The molecule has 0 bridgehead atoms. The summed E-state index contributed by atoms with van der Waals surface area (Å²) in [4.78, 5) is 2.46. The first-order valence-corrected chi connectivity index (χ1v) is 5.57. The molecule has 2 nitrogen and oxygen atoms in total. The molecule has 0 aliphatic rings. The summed E-state index contributed by atoms with van der Waals surface area (Å²) >= 11 is 0. The van der Waals surface area contributed by atoms with Gasteiger partial charge in [-0.2, -0.15) is 0 Å². The van der Waals surface area contributed by atoms with Crippen molar-refractivity contribution in [3.63, 3.8) is 0 Å². The van der Waals surface area contributed by atoms with Crippen LogP contribution in [-0.4, -0.2) is 34.2 Å². The topological polar surface area (TPSA) is 23.5 Å². The van der Waals surface area contributed by atoms with Gasteiger partial charge in [-0.05, 0) is 55.0 Å². The van der Waals surface area contributed by atoms with Crippen molar-refractivity contribution in [3.8, 4) is 0 Å². The van der Waals surface area contributed by atoms with Crippen molar-refractivity contribution in [2.75, 3.05) is 6.54 Å². The second-order valence-electron chi connectivity index (χ2n) is 5.19. The predicted octanol–water partition coefficient (Wildman–Crippen LogP) is 2.90. The fraction of sp³-hybridized carbons (Fsp3) is 1.00. The Hall–Kier alpha value is -0.0800. The van der Waals surface area contributed by atoms with Crippen LogP contribution in [0, 0.1) is 0 Å². The molecule has 1 N–H and O–H groups in total. The molecule has 0 heterocycles. The summed E-state index contributed by atoms with van der Waals surface area (Å²) in [6, 6.07) is 1.38. The Morgan fingerprint density at radius 2 is 1.21 bits per heavy atom. The normalized spacial score (nSPS) is 12.0. The maximum Gasteiger partial charge on any atom is 0.0563 e. The summed E-state index contributed by atoms with van der Waals surface area (Å²) in [6.07, 6.45) is 0. The highest BCUT2D eigenvalue weighted by molar-refractivity contribution is 4.64. The lowest BCUT2D eigenvalue weighted by atomic mass is 10.2. The van der Waals surface area contributed by atoms with Crippen molar-refractivity contribution in [1.29, 1.82) is 0 Å². The van der Waals surface area contributed by atoms with Crippen molar-refractivity contribution >= 4 is 0 Å². The number of nitrogens with zero attached hydrogens (tertiary/aromatic N) is 1. The summed E-state index contributed by atoms with van der Waals surface area (Å²) in [5.41, 5.74) is -0.500. The fourth-order valence-electron chi connectivity index (χ4n) is 1.33. The van der Waals surface area contributed by atoms with E-state index in [1.54, 1.807) is 20.8 Å². The molecule has 0 aromatic heterocycles. The van der Waals surface area contributed by atoms with E-state index >= 15 is 0 Å². The minimum atomic E-state index is -0.500. The maximum absolute atomic E-state index is 8.52. The first kappa shape index (κ1) is 16.4. The van der Waals surface area contributed by atoms with E-state index in [0.717, 1.165) is 6.54 Å². The molecule has 0 aromatic carbocycles. The maximum atomic E-state index is 8.52. The van der Waals surface area contributed by atoms with Crippen LogP contribution in [0.4, 0.5) is 0 Å². The van der Waals surface area contributed by atoms with Crippen LogP contribution in [0.15, 0.2) is 0 Å². The molecule has 0 unspecified atom stereocenters. The number of hydrogen-bond acceptors (Lipinski definition) is 2. The summed E-state index contributed by atoms with van der Waals surface area (Å²) in [5.74, 6) is 0. The molecule has 0 aliphatic carbocycles. The summed E-state index contributed by atoms with van der Waals surface area (Å²) in [5, 5.41) is 8.52. The Balaban J connectivity index is 0. The number of aliphatic hydroxyl groups is 1.